The van der Waals surface area contributed by atoms with Gasteiger partial charge < -0.3 is 9.84 Å². The molecule has 102 valence electrons. The van der Waals surface area contributed by atoms with Crippen LogP contribution in [0.3, 0.4) is 0 Å². The number of nitrogens with zero attached hydrogens (tertiary/aromatic N) is 2. The van der Waals surface area contributed by atoms with Crippen molar-refractivity contribution in [1.82, 2.24) is 10.5 Å². The Morgan fingerprint density at radius 1 is 1.55 bits per heavy atom. The fourth-order valence-corrected chi connectivity index (χ4v) is 1.77. The number of amides is 1. The minimum Gasteiger partial charge on any atom is -0.361 e. The third-order valence-corrected chi connectivity index (χ3v) is 2.67. The quantitative estimate of drug-likeness (QED) is 0.924. The van der Waals surface area contributed by atoms with Gasteiger partial charge in [-0.1, -0.05) is 23.4 Å². The second kappa shape index (κ2) is 5.97. The van der Waals surface area contributed by atoms with Crippen molar-refractivity contribution in [1.29, 1.82) is 5.26 Å². The van der Waals surface area contributed by atoms with Crippen LogP contribution in [0.5, 0.6) is 0 Å². The lowest BCUT2D eigenvalue weighted by atomic mass is 10.1. The fraction of sp³-hybridized carbons (Fsp3) is 0.214. The molecular weight excluding hydrogens is 261 g/mol. The van der Waals surface area contributed by atoms with E-state index in [0.29, 0.717) is 11.5 Å². The molecule has 1 heterocycles. The highest BCUT2D eigenvalue weighted by molar-refractivity contribution is 5.79. The average Bonchev–Trinajstić information content (AvgIpc) is 2.82. The largest absolute Gasteiger partial charge is 0.361 e. The van der Waals surface area contributed by atoms with Crippen LogP contribution in [0.4, 0.5) is 4.39 Å². The zero-order valence-corrected chi connectivity index (χ0v) is 10.8. The van der Waals surface area contributed by atoms with Crippen LogP contribution in [-0.2, 0) is 11.2 Å². The molecule has 1 aromatic heterocycles. The Morgan fingerprint density at radius 2 is 2.30 bits per heavy atom. The summed E-state index contributed by atoms with van der Waals surface area (Å²) in [5, 5.41) is 15.2. The fourth-order valence-electron chi connectivity index (χ4n) is 1.77. The molecule has 0 bridgehead atoms. The van der Waals surface area contributed by atoms with E-state index in [4.69, 9.17) is 9.78 Å². The van der Waals surface area contributed by atoms with Crippen molar-refractivity contribution < 1.29 is 13.7 Å². The molecule has 0 saturated heterocycles. The van der Waals surface area contributed by atoms with E-state index < -0.39 is 17.8 Å². The highest BCUT2D eigenvalue weighted by Crippen LogP contribution is 2.16. The molecule has 0 fully saturated rings. The first-order valence-electron chi connectivity index (χ1n) is 5.95. The smallest absolute Gasteiger partial charge is 0.227 e. The molecule has 0 radical (unpaired) electrons. The first kappa shape index (κ1) is 13.7. The molecule has 2 rings (SSSR count). The second-order valence-corrected chi connectivity index (χ2v) is 4.26. The van der Waals surface area contributed by atoms with E-state index in [-0.39, 0.29) is 12.0 Å². The summed E-state index contributed by atoms with van der Waals surface area (Å²) in [5.74, 6) is -0.358. The van der Waals surface area contributed by atoms with Gasteiger partial charge in [0.05, 0.1) is 18.2 Å². The van der Waals surface area contributed by atoms with Crippen molar-refractivity contribution in [3.63, 3.8) is 0 Å². The van der Waals surface area contributed by atoms with E-state index in [1.807, 2.05) is 6.07 Å². The molecule has 5 nitrogen and oxygen atoms in total. The molecule has 0 spiro atoms. The van der Waals surface area contributed by atoms with Gasteiger partial charge in [0.25, 0.3) is 0 Å². The normalized spacial score (nSPS) is 11.7. The number of benzene rings is 1. The predicted octanol–water partition coefficient (Wildman–Crippen LogP) is 2.05. The van der Waals surface area contributed by atoms with Crippen LogP contribution in [0.1, 0.15) is 23.1 Å². The molecule has 0 aliphatic heterocycles. The molecule has 0 aliphatic rings. The molecule has 1 amide bonds. The summed E-state index contributed by atoms with van der Waals surface area (Å²) >= 11 is 0. The summed E-state index contributed by atoms with van der Waals surface area (Å²) in [4.78, 5) is 11.8. The standard InChI is InChI=1S/C14H12FN3O2/c1-9-6-10(18-20-9)7-14(19)17-13(8-16)11-4-2-3-5-12(11)15/h2-6,13H,7H2,1H3,(H,17,19). The molecule has 2 aromatic rings. The monoisotopic (exact) mass is 273 g/mol. The lowest BCUT2D eigenvalue weighted by Gasteiger charge is -2.12. The highest BCUT2D eigenvalue weighted by Gasteiger charge is 2.18. The van der Waals surface area contributed by atoms with Gasteiger partial charge in [0.2, 0.25) is 5.91 Å². The van der Waals surface area contributed by atoms with Crippen molar-refractivity contribution in [2.45, 2.75) is 19.4 Å². The van der Waals surface area contributed by atoms with Gasteiger partial charge in [-0.05, 0) is 13.0 Å². The number of aryl methyl sites for hydroxylation is 1. The number of hydrogen-bond acceptors (Lipinski definition) is 4. The van der Waals surface area contributed by atoms with E-state index in [2.05, 4.69) is 10.5 Å². The Hall–Kier alpha value is -2.68. The topological polar surface area (TPSA) is 78.9 Å². The lowest BCUT2D eigenvalue weighted by Crippen LogP contribution is -2.29. The van der Waals surface area contributed by atoms with E-state index in [1.54, 1.807) is 19.1 Å². The van der Waals surface area contributed by atoms with Crippen LogP contribution in [0.2, 0.25) is 0 Å². The molecular formula is C14H12FN3O2. The van der Waals surface area contributed by atoms with Gasteiger partial charge in [-0.3, -0.25) is 4.79 Å². The maximum Gasteiger partial charge on any atom is 0.227 e. The first-order chi connectivity index (χ1) is 9.60. The number of nitrogens with one attached hydrogen (secondary N) is 1. The molecule has 1 unspecified atom stereocenters. The predicted molar refractivity (Wildman–Crippen MR) is 67.8 cm³/mol. The maximum absolute atomic E-state index is 13.6. The first-order valence-corrected chi connectivity index (χ1v) is 5.95. The van der Waals surface area contributed by atoms with Crippen molar-refractivity contribution in [2.24, 2.45) is 0 Å². The van der Waals surface area contributed by atoms with Gasteiger partial charge in [-0.25, -0.2) is 4.39 Å². The van der Waals surface area contributed by atoms with Crippen LogP contribution in [0.15, 0.2) is 34.9 Å². The average molecular weight is 273 g/mol. The second-order valence-electron chi connectivity index (χ2n) is 4.26. The minimum atomic E-state index is -1.03. The van der Waals surface area contributed by atoms with Crippen molar-refractivity contribution >= 4 is 5.91 Å². The molecule has 6 heteroatoms. The SMILES string of the molecule is Cc1cc(CC(=O)NC(C#N)c2ccccc2F)no1. The van der Waals surface area contributed by atoms with Crippen LogP contribution in [0, 0.1) is 24.1 Å². The van der Waals surface area contributed by atoms with Crippen molar-refractivity contribution in [3.8, 4) is 6.07 Å². The summed E-state index contributed by atoms with van der Waals surface area (Å²) in [7, 11) is 0. The highest BCUT2D eigenvalue weighted by atomic mass is 19.1. The Labute approximate surface area is 115 Å². The van der Waals surface area contributed by atoms with E-state index in [9.17, 15) is 9.18 Å². The molecule has 1 N–H and O–H groups in total. The van der Waals surface area contributed by atoms with Crippen molar-refractivity contribution in [3.05, 3.63) is 53.2 Å². The van der Waals surface area contributed by atoms with Gasteiger partial charge in [-0.15, -0.1) is 0 Å². The molecule has 0 saturated carbocycles. The third kappa shape index (κ3) is 3.20. The number of aromatic nitrogens is 1. The number of halogens is 1. The zero-order chi connectivity index (χ0) is 14.5. The summed E-state index contributed by atoms with van der Waals surface area (Å²) in [5.41, 5.74) is 0.602. The molecule has 1 atom stereocenters. The third-order valence-electron chi connectivity index (χ3n) is 2.67. The summed E-state index contributed by atoms with van der Waals surface area (Å²) < 4.78 is 18.4. The van der Waals surface area contributed by atoms with Crippen LogP contribution >= 0.6 is 0 Å². The summed E-state index contributed by atoms with van der Waals surface area (Å²) in [6.45, 7) is 1.71. The number of nitriles is 1. The Kier molecular flexibility index (Phi) is 4.11. The van der Waals surface area contributed by atoms with Gasteiger partial charge in [0.1, 0.15) is 17.6 Å². The maximum atomic E-state index is 13.6. The molecule has 20 heavy (non-hydrogen) atoms. The zero-order valence-electron chi connectivity index (χ0n) is 10.8. The van der Waals surface area contributed by atoms with Crippen LogP contribution < -0.4 is 5.32 Å². The van der Waals surface area contributed by atoms with E-state index in [0.717, 1.165) is 0 Å². The Morgan fingerprint density at radius 3 is 2.90 bits per heavy atom. The lowest BCUT2D eigenvalue weighted by molar-refractivity contribution is -0.120. The van der Waals surface area contributed by atoms with Gasteiger partial charge in [-0.2, -0.15) is 5.26 Å². The van der Waals surface area contributed by atoms with Crippen molar-refractivity contribution in [2.75, 3.05) is 0 Å². The van der Waals surface area contributed by atoms with Gasteiger partial charge in [0, 0.05) is 11.6 Å². The minimum absolute atomic E-state index is 0.0238. The number of hydrogen-bond donors (Lipinski definition) is 1. The van der Waals surface area contributed by atoms with Gasteiger partial charge in [0.15, 0.2) is 0 Å². The number of carbonyl (C=O) groups is 1. The van der Waals surface area contributed by atoms with Gasteiger partial charge >= 0.3 is 0 Å². The number of carbonyl (C=O) groups excluding carboxylic acids is 1. The summed E-state index contributed by atoms with van der Waals surface area (Å²) in [6.07, 6.45) is -0.0238. The molecule has 0 aliphatic carbocycles. The Bertz CT molecular complexity index is 660. The van der Waals surface area contributed by atoms with E-state index in [1.165, 1.54) is 18.2 Å². The Balaban J connectivity index is 2.06. The molecule has 1 aromatic carbocycles. The van der Waals surface area contributed by atoms with Crippen LogP contribution in [0.25, 0.3) is 0 Å². The van der Waals surface area contributed by atoms with Crippen LogP contribution in [-0.4, -0.2) is 11.1 Å². The van der Waals surface area contributed by atoms with E-state index >= 15 is 0 Å². The summed E-state index contributed by atoms with van der Waals surface area (Å²) in [6, 6.07) is 8.30. The number of rotatable bonds is 4.